The molecule has 0 unspecified atom stereocenters. The Morgan fingerprint density at radius 2 is 2.00 bits per heavy atom. The first-order valence-electron chi connectivity index (χ1n) is 6.62. The zero-order valence-electron chi connectivity index (χ0n) is 11.7. The zero-order valence-corrected chi connectivity index (χ0v) is 12.5. The van der Waals surface area contributed by atoms with Crippen LogP contribution in [0.5, 0.6) is 0 Å². The first-order valence-corrected chi connectivity index (χ1v) is 6.99. The van der Waals surface area contributed by atoms with Crippen LogP contribution < -0.4 is 0 Å². The third-order valence-electron chi connectivity index (χ3n) is 4.18. The van der Waals surface area contributed by atoms with E-state index in [2.05, 4.69) is 5.16 Å². The van der Waals surface area contributed by atoms with E-state index in [0.717, 1.165) is 0 Å². The Hall–Kier alpha value is -2.09. The van der Waals surface area contributed by atoms with Gasteiger partial charge in [0.05, 0.1) is 4.92 Å². The van der Waals surface area contributed by atoms with Gasteiger partial charge in [0.25, 0.3) is 0 Å². The summed E-state index contributed by atoms with van der Waals surface area (Å²) in [5, 5.41) is 14.8. The predicted octanol–water partition coefficient (Wildman–Crippen LogP) is 4.53. The molecule has 0 N–H and O–H groups in total. The fraction of sp³-hybridized carbons (Fsp3) is 0.357. The van der Waals surface area contributed by atoms with Crippen LogP contribution in [0.1, 0.15) is 29.4 Å². The lowest BCUT2D eigenvalue weighted by Gasteiger charge is -2.21. The molecule has 2 aromatic rings. The highest BCUT2D eigenvalue weighted by atomic mass is 35.5. The van der Waals surface area contributed by atoms with Crippen LogP contribution in [0, 0.1) is 17.0 Å². The molecule has 0 aliphatic heterocycles. The normalized spacial score (nSPS) is 23.8. The Balaban J connectivity index is 2.10. The second-order valence-electron chi connectivity index (χ2n) is 5.47. The van der Waals surface area contributed by atoms with Gasteiger partial charge in [-0.3, -0.25) is 10.1 Å². The van der Waals surface area contributed by atoms with Crippen LogP contribution >= 0.6 is 11.6 Å². The van der Waals surface area contributed by atoms with Crippen LogP contribution in [0.25, 0.3) is 0 Å². The lowest BCUT2D eigenvalue weighted by Crippen LogP contribution is -2.30. The Bertz CT molecular complexity index is 773. The monoisotopic (exact) mass is 346 g/mol. The van der Waals surface area contributed by atoms with Gasteiger partial charge in [-0.1, -0.05) is 28.9 Å². The highest BCUT2D eigenvalue weighted by Crippen LogP contribution is 2.69. The van der Waals surface area contributed by atoms with Gasteiger partial charge in [-0.15, -0.1) is 0 Å². The topological polar surface area (TPSA) is 69.2 Å². The smallest absolute Gasteiger partial charge is 0.353 e. The van der Waals surface area contributed by atoms with Crippen LogP contribution in [-0.2, 0) is 5.41 Å². The molecule has 5 nitrogen and oxygen atoms in total. The Labute approximate surface area is 133 Å². The lowest BCUT2D eigenvalue weighted by atomic mass is 9.91. The van der Waals surface area contributed by atoms with Gasteiger partial charge in [0.15, 0.2) is 5.69 Å². The average molecular weight is 347 g/mol. The number of benzene rings is 1. The molecule has 1 saturated carbocycles. The molecule has 2 atom stereocenters. The Morgan fingerprint density at radius 1 is 1.39 bits per heavy atom. The number of rotatable bonds is 3. The number of nitro groups is 1. The van der Waals surface area contributed by atoms with E-state index < -0.39 is 28.1 Å². The lowest BCUT2D eigenvalue weighted by molar-refractivity contribution is -0.386. The van der Waals surface area contributed by atoms with Crippen LogP contribution in [0.15, 0.2) is 28.8 Å². The first kappa shape index (κ1) is 15.8. The number of hydrogen-bond acceptors (Lipinski definition) is 4. The van der Waals surface area contributed by atoms with Gasteiger partial charge in [0.2, 0.25) is 5.76 Å². The van der Waals surface area contributed by atoms with E-state index in [4.69, 9.17) is 16.1 Å². The summed E-state index contributed by atoms with van der Waals surface area (Å²) in [7, 11) is 0. The second-order valence-corrected chi connectivity index (χ2v) is 5.91. The summed E-state index contributed by atoms with van der Waals surface area (Å²) >= 11 is 5.72. The number of halogens is 4. The van der Waals surface area contributed by atoms with Gasteiger partial charge >= 0.3 is 11.9 Å². The van der Waals surface area contributed by atoms with Crippen molar-refractivity contribution in [2.75, 3.05) is 0 Å². The average Bonchev–Trinajstić information content (AvgIpc) is 3.10. The van der Waals surface area contributed by atoms with Crippen LogP contribution in [-0.4, -0.2) is 16.3 Å². The number of aromatic nitrogens is 1. The molecule has 9 heteroatoms. The minimum absolute atomic E-state index is 0.00255. The van der Waals surface area contributed by atoms with Gasteiger partial charge in [-0.2, -0.15) is 13.2 Å². The van der Waals surface area contributed by atoms with Crippen molar-refractivity contribution in [3.63, 3.8) is 0 Å². The van der Waals surface area contributed by atoms with Crippen molar-refractivity contribution in [2.45, 2.75) is 30.9 Å². The molecule has 0 spiro atoms. The van der Waals surface area contributed by atoms with Crippen molar-refractivity contribution in [1.82, 2.24) is 5.16 Å². The van der Waals surface area contributed by atoms with E-state index in [1.165, 1.54) is 31.2 Å². The summed E-state index contributed by atoms with van der Waals surface area (Å²) in [5.41, 5.74) is -2.74. The first-order chi connectivity index (χ1) is 10.7. The van der Waals surface area contributed by atoms with E-state index in [1.807, 2.05) is 0 Å². The molecule has 0 bridgehead atoms. The maximum absolute atomic E-state index is 13.7. The molecule has 1 aromatic heterocycles. The summed E-state index contributed by atoms with van der Waals surface area (Å²) < 4.78 is 45.9. The minimum Gasteiger partial charge on any atom is -0.353 e. The van der Waals surface area contributed by atoms with Crippen molar-refractivity contribution in [2.24, 2.45) is 0 Å². The molecule has 1 aromatic carbocycles. The quantitative estimate of drug-likeness (QED) is 0.604. The predicted molar refractivity (Wildman–Crippen MR) is 74.4 cm³/mol. The van der Waals surface area contributed by atoms with Gasteiger partial charge in [0, 0.05) is 10.9 Å². The third kappa shape index (κ3) is 2.28. The van der Waals surface area contributed by atoms with Crippen molar-refractivity contribution in [3.8, 4) is 0 Å². The van der Waals surface area contributed by atoms with E-state index in [1.54, 1.807) is 0 Å². The fourth-order valence-electron chi connectivity index (χ4n) is 2.96. The second kappa shape index (κ2) is 4.95. The molecular formula is C14H10ClF3N2O3. The van der Waals surface area contributed by atoms with E-state index in [0.29, 0.717) is 5.02 Å². The van der Waals surface area contributed by atoms with Crippen LogP contribution in [0.2, 0.25) is 5.02 Å². The molecule has 0 radical (unpaired) electrons. The summed E-state index contributed by atoms with van der Waals surface area (Å²) in [6.45, 7) is 1.32. The van der Waals surface area contributed by atoms with E-state index in [-0.39, 0.29) is 23.4 Å². The standard InChI is InChI=1S/C14H10ClF3N2O3/c1-7-11(20(21)22)12(23-19-7)10-6-13(10,14(16,17)18)8-2-4-9(15)5-3-8/h2-5,10H,6H2,1H3/t10-,13-/m1/s1. The molecular weight excluding hydrogens is 337 g/mol. The maximum Gasteiger partial charge on any atom is 0.399 e. The van der Waals surface area contributed by atoms with Gasteiger partial charge in [-0.25, -0.2) is 0 Å². The molecule has 1 heterocycles. The SMILES string of the molecule is Cc1noc([C@H]2C[C@]2(c2ccc(Cl)cc2)C(F)(F)F)c1[N+](=O)[O-]. The highest BCUT2D eigenvalue weighted by molar-refractivity contribution is 6.30. The number of nitrogens with zero attached hydrogens (tertiary/aromatic N) is 2. The van der Waals surface area contributed by atoms with Crippen LogP contribution in [0.4, 0.5) is 18.9 Å². The Morgan fingerprint density at radius 3 is 2.52 bits per heavy atom. The summed E-state index contributed by atoms with van der Waals surface area (Å²) in [6.07, 6.45) is -4.91. The number of hydrogen-bond donors (Lipinski definition) is 0. The molecule has 0 amide bonds. The maximum atomic E-state index is 13.7. The Kier molecular flexibility index (Phi) is 3.40. The number of aryl methyl sites for hydroxylation is 1. The molecule has 122 valence electrons. The fourth-order valence-corrected chi connectivity index (χ4v) is 3.08. The minimum atomic E-state index is -4.58. The van der Waals surface area contributed by atoms with Gasteiger partial charge < -0.3 is 4.52 Å². The van der Waals surface area contributed by atoms with E-state index >= 15 is 0 Å². The summed E-state index contributed by atoms with van der Waals surface area (Å²) in [6, 6.07) is 5.29. The van der Waals surface area contributed by atoms with Crippen molar-refractivity contribution in [3.05, 3.63) is 56.4 Å². The summed E-state index contributed by atoms with van der Waals surface area (Å²) in [5.74, 6) is -1.51. The molecule has 1 fully saturated rings. The summed E-state index contributed by atoms with van der Waals surface area (Å²) in [4.78, 5) is 10.3. The molecule has 0 saturated heterocycles. The molecule has 1 aliphatic carbocycles. The number of alkyl halides is 3. The van der Waals surface area contributed by atoms with Gasteiger partial charge in [0.1, 0.15) is 5.41 Å². The van der Waals surface area contributed by atoms with E-state index in [9.17, 15) is 23.3 Å². The van der Waals surface area contributed by atoms with Crippen molar-refractivity contribution in [1.29, 1.82) is 0 Å². The van der Waals surface area contributed by atoms with Crippen molar-refractivity contribution < 1.29 is 22.6 Å². The molecule has 23 heavy (non-hydrogen) atoms. The highest BCUT2D eigenvalue weighted by Gasteiger charge is 2.74. The van der Waals surface area contributed by atoms with Crippen molar-refractivity contribution >= 4 is 17.3 Å². The largest absolute Gasteiger partial charge is 0.399 e. The third-order valence-corrected chi connectivity index (χ3v) is 4.43. The zero-order chi connectivity index (χ0) is 17.0. The van der Waals surface area contributed by atoms with Crippen LogP contribution in [0.3, 0.4) is 0 Å². The molecule has 3 rings (SSSR count). The molecule has 1 aliphatic rings. The van der Waals surface area contributed by atoms with Gasteiger partial charge in [-0.05, 0) is 31.0 Å².